The van der Waals surface area contributed by atoms with Crippen molar-refractivity contribution in [2.24, 2.45) is 0 Å². The van der Waals surface area contributed by atoms with Gasteiger partial charge in [0.1, 0.15) is 11.7 Å². The molecular formula is C23H26N6O. The SMILES string of the molecule is CCC1C(=O)N(C)c2cnc(-c3cn[nH]c3-c3ccccc3)nc2N1C1CCCC1. The number of anilines is 2. The first-order valence-corrected chi connectivity index (χ1v) is 10.7. The molecule has 154 valence electrons. The Morgan fingerprint density at radius 1 is 1.13 bits per heavy atom. The van der Waals surface area contributed by atoms with Gasteiger partial charge < -0.3 is 9.80 Å². The molecule has 3 aromatic rings. The predicted molar refractivity (Wildman–Crippen MR) is 117 cm³/mol. The average Bonchev–Trinajstić information content (AvgIpc) is 3.48. The molecular weight excluding hydrogens is 376 g/mol. The summed E-state index contributed by atoms with van der Waals surface area (Å²) < 4.78 is 0. The van der Waals surface area contributed by atoms with Crippen LogP contribution in [0.25, 0.3) is 22.6 Å². The first-order chi connectivity index (χ1) is 14.7. The van der Waals surface area contributed by atoms with Crippen LogP contribution in [-0.2, 0) is 4.79 Å². The summed E-state index contributed by atoms with van der Waals surface area (Å²) >= 11 is 0. The summed E-state index contributed by atoms with van der Waals surface area (Å²) in [6, 6.07) is 10.3. The maximum Gasteiger partial charge on any atom is 0.249 e. The number of nitrogens with zero attached hydrogens (tertiary/aromatic N) is 5. The van der Waals surface area contributed by atoms with Gasteiger partial charge in [-0.25, -0.2) is 9.97 Å². The second-order valence-electron chi connectivity index (χ2n) is 8.09. The molecule has 1 N–H and O–H groups in total. The summed E-state index contributed by atoms with van der Waals surface area (Å²) in [7, 11) is 1.83. The number of hydrogen-bond donors (Lipinski definition) is 1. The van der Waals surface area contributed by atoms with Crippen molar-refractivity contribution in [2.45, 2.75) is 51.1 Å². The van der Waals surface area contributed by atoms with Crippen molar-refractivity contribution in [3.05, 3.63) is 42.7 Å². The van der Waals surface area contributed by atoms with Crippen LogP contribution < -0.4 is 9.80 Å². The lowest BCUT2D eigenvalue weighted by molar-refractivity contribution is -0.120. The van der Waals surface area contributed by atoms with Gasteiger partial charge in [0, 0.05) is 18.7 Å². The van der Waals surface area contributed by atoms with Crippen molar-refractivity contribution in [2.75, 3.05) is 16.8 Å². The Labute approximate surface area is 176 Å². The van der Waals surface area contributed by atoms with Crippen molar-refractivity contribution in [3.8, 4) is 22.6 Å². The van der Waals surface area contributed by atoms with E-state index in [0.29, 0.717) is 11.9 Å². The van der Waals surface area contributed by atoms with Gasteiger partial charge in [0.05, 0.1) is 23.7 Å². The topological polar surface area (TPSA) is 78.0 Å². The van der Waals surface area contributed by atoms with Crippen LogP contribution in [0.4, 0.5) is 11.5 Å². The van der Waals surface area contributed by atoms with Gasteiger partial charge in [0.15, 0.2) is 11.6 Å². The molecule has 7 nitrogen and oxygen atoms in total. The average molecular weight is 403 g/mol. The number of hydrogen-bond acceptors (Lipinski definition) is 5. The number of carbonyl (C=O) groups is 1. The summed E-state index contributed by atoms with van der Waals surface area (Å²) in [6.07, 6.45) is 8.94. The van der Waals surface area contributed by atoms with Crippen LogP contribution in [0, 0.1) is 0 Å². The zero-order valence-corrected chi connectivity index (χ0v) is 17.4. The van der Waals surface area contributed by atoms with E-state index >= 15 is 0 Å². The molecule has 0 bridgehead atoms. The Balaban J connectivity index is 1.63. The van der Waals surface area contributed by atoms with Crippen LogP contribution in [-0.4, -0.2) is 45.2 Å². The molecule has 1 atom stereocenters. The molecule has 0 radical (unpaired) electrons. The molecule has 1 unspecified atom stereocenters. The summed E-state index contributed by atoms with van der Waals surface area (Å²) in [5.41, 5.74) is 3.58. The molecule has 0 spiro atoms. The van der Waals surface area contributed by atoms with Gasteiger partial charge in [-0.1, -0.05) is 50.1 Å². The highest BCUT2D eigenvalue weighted by molar-refractivity contribution is 6.04. The van der Waals surface area contributed by atoms with Crippen LogP contribution >= 0.6 is 0 Å². The van der Waals surface area contributed by atoms with E-state index < -0.39 is 0 Å². The molecule has 5 rings (SSSR count). The normalized spacial score (nSPS) is 19.4. The third-order valence-corrected chi connectivity index (χ3v) is 6.35. The van der Waals surface area contributed by atoms with Gasteiger partial charge >= 0.3 is 0 Å². The minimum atomic E-state index is -0.175. The fourth-order valence-electron chi connectivity index (χ4n) is 4.79. The molecule has 2 aliphatic rings. The maximum atomic E-state index is 13.1. The van der Waals surface area contributed by atoms with Crippen LogP contribution in [0.15, 0.2) is 42.7 Å². The van der Waals surface area contributed by atoms with Gasteiger partial charge in [0.2, 0.25) is 5.91 Å². The number of benzene rings is 1. The summed E-state index contributed by atoms with van der Waals surface area (Å²) in [5.74, 6) is 1.62. The molecule has 2 aromatic heterocycles. The molecule has 1 fully saturated rings. The number of H-pyrrole nitrogens is 1. The number of likely N-dealkylation sites (N-methyl/N-ethyl adjacent to an activating group) is 1. The lowest BCUT2D eigenvalue weighted by Gasteiger charge is -2.43. The van der Waals surface area contributed by atoms with Crippen molar-refractivity contribution in [1.82, 2.24) is 20.2 Å². The number of amides is 1. The van der Waals surface area contributed by atoms with E-state index in [1.807, 2.05) is 37.4 Å². The van der Waals surface area contributed by atoms with Gasteiger partial charge in [0.25, 0.3) is 0 Å². The minimum absolute atomic E-state index is 0.126. The predicted octanol–water partition coefficient (Wildman–Crippen LogP) is 4.04. The third-order valence-electron chi connectivity index (χ3n) is 6.35. The van der Waals surface area contributed by atoms with E-state index in [1.54, 1.807) is 17.3 Å². The van der Waals surface area contributed by atoms with E-state index in [1.165, 1.54) is 12.8 Å². The molecule has 1 aliphatic heterocycles. The molecule has 0 saturated heterocycles. The largest absolute Gasteiger partial charge is 0.340 e. The molecule has 7 heteroatoms. The summed E-state index contributed by atoms with van der Waals surface area (Å²) in [5, 5.41) is 7.35. The number of fused-ring (bicyclic) bond motifs is 1. The first kappa shape index (κ1) is 18.8. The molecule has 30 heavy (non-hydrogen) atoms. The highest BCUT2D eigenvalue weighted by Gasteiger charge is 2.41. The highest BCUT2D eigenvalue weighted by Crippen LogP contribution is 2.40. The second kappa shape index (κ2) is 7.55. The standard InChI is InChI=1S/C23H26N6O/c1-3-18-23(30)28(2)19-14-24-21(26-22(19)29(18)16-11-7-8-12-16)17-13-25-27-20(17)15-9-5-4-6-10-15/h4-6,9-10,13-14,16,18H,3,7-8,11-12H2,1-2H3,(H,25,27). The van der Waals surface area contributed by atoms with Crippen LogP contribution in [0.3, 0.4) is 0 Å². The number of aromatic amines is 1. The van der Waals surface area contributed by atoms with Crippen molar-refractivity contribution in [3.63, 3.8) is 0 Å². The fraction of sp³-hybridized carbons (Fsp3) is 0.391. The van der Waals surface area contributed by atoms with Gasteiger partial charge in [-0.2, -0.15) is 5.10 Å². The lowest BCUT2D eigenvalue weighted by Crippen LogP contribution is -2.55. The summed E-state index contributed by atoms with van der Waals surface area (Å²) in [6.45, 7) is 2.08. The highest BCUT2D eigenvalue weighted by atomic mass is 16.2. The quantitative estimate of drug-likeness (QED) is 0.713. The monoisotopic (exact) mass is 402 g/mol. The molecule has 1 amide bonds. The van der Waals surface area contributed by atoms with Crippen LogP contribution in [0.1, 0.15) is 39.0 Å². The zero-order chi connectivity index (χ0) is 20.7. The lowest BCUT2D eigenvalue weighted by atomic mass is 10.0. The third kappa shape index (κ3) is 2.96. The van der Waals surface area contributed by atoms with Crippen LogP contribution in [0.5, 0.6) is 0 Å². The molecule has 1 aromatic carbocycles. The van der Waals surface area contributed by atoms with Crippen molar-refractivity contribution in [1.29, 1.82) is 0 Å². The number of nitrogens with one attached hydrogen (secondary N) is 1. The van der Waals surface area contributed by atoms with E-state index in [0.717, 1.165) is 47.6 Å². The van der Waals surface area contributed by atoms with Gasteiger partial charge in [-0.05, 0) is 19.3 Å². The van der Waals surface area contributed by atoms with E-state index in [9.17, 15) is 4.79 Å². The second-order valence-corrected chi connectivity index (χ2v) is 8.09. The Bertz CT molecular complexity index is 1060. The van der Waals surface area contributed by atoms with Gasteiger partial charge in [-0.15, -0.1) is 0 Å². The molecule has 1 saturated carbocycles. The van der Waals surface area contributed by atoms with E-state index in [4.69, 9.17) is 4.98 Å². The van der Waals surface area contributed by atoms with Crippen LogP contribution in [0.2, 0.25) is 0 Å². The maximum absolute atomic E-state index is 13.1. The molecule has 1 aliphatic carbocycles. The Hall–Kier alpha value is -3.22. The number of rotatable bonds is 4. The number of carbonyl (C=O) groups excluding carboxylic acids is 1. The van der Waals surface area contributed by atoms with Crippen molar-refractivity contribution >= 4 is 17.4 Å². The number of aromatic nitrogens is 4. The minimum Gasteiger partial charge on any atom is -0.340 e. The Kier molecular flexibility index (Phi) is 4.73. The summed E-state index contributed by atoms with van der Waals surface area (Å²) in [4.78, 5) is 26.7. The van der Waals surface area contributed by atoms with Crippen molar-refractivity contribution < 1.29 is 4.79 Å². The first-order valence-electron chi connectivity index (χ1n) is 10.7. The van der Waals surface area contributed by atoms with E-state index in [-0.39, 0.29) is 11.9 Å². The molecule has 3 heterocycles. The Morgan fingerprint density at radius 3 is 2.63 bits per heavy atom. The Morgan fingerprint density at radius 2 is 1.90 bits per heavy atom. The fourth-order valence-corrected chi connectivity index (χ4v) is 4.79. The smallest absolute Gasteiger partial charge is 0.249 e. The van der Waals surface area contributed by atoms with Gasteiger partial charge in [-0.3, -0.25) is 9.89 Å². The van der Waals surface area contributed by atoms with E-state index in [2.05, 4.69) is 27.0 Å². The zero-order valence-electron chi connectivity index (χ0n) is 17.4.